The Bertz CT molecular complexity index is 407. The third kappa shape index (κ3) is 33.2. The molecule has 6 nitrogen and oxygen atoms in total. The van der Waals surface area contributed by atoms with E-state index in [-0.39, 0.29) is 17.8 Å². The monoisotopic (exact) mass is 606 g/mol. The number of hydrogen-bond donors (Lipinski definition) is 0. The van der Waals surface area contributed by atoms with E-state index in [0.717, 1.165) is 57.8 Å². The molecule has 0 amide bonds. The molecule has 0 saturated heterocycles. The summed E-state index contributed by atoms with van der Waals surface area (Å²) in [7, 11) is 0. The average molecular weight is 605 g/mol. The molecule has 0 aromatic carbocycles. The molecule has 0 bridgehead atoms. The van der Waals surface area contributed by atoms with Gasteiger partial charge in [-0.15, -0.1) is 0 Å². The van der Waals surface area contributed by atoms with Gasteiger partial charge < -0.3 is 29.7 Å². The van der Waals surface area contributed by atoms with Crippen molar-refractivity contribution in [3.05, 3.63) is 0 Å². The van der Waals surface area contributed by atoms with Gasteiger partial charge in [0.2, 0.25) is 0 Å². The van der Waals surface area contributed by atoms with Gasteiger partial charge >= 0.3 is 46.7 Å². The van der Waals surface area contributed by atoms with E-state index in [1.165, 1.54) is 17.3 Å². The van der Waals surface area contributed by atoms with Gasteiger partial charge in [-0.25, -0.2) is 0 Å². The number of carboxylic acids is 3. The standard InChI is InChI=1S/3C8H16O2.C4H9.Sn/c3*1-3-5-6-7(4-2)8(9)10;1-3-4-2;/h3*7H,3-6H2,1-2H3,(H,9,10);1,3-4H2,2H3;/q;;;;+3/p-3. The normalized spacial score (nSPS) is 12.4. The molecule has 0 fully saturated rings. The molecule has 0 spiro atoms. The van der Waals surface area contributed by atoms with Crippen LogP contribution >= 0.6 is 0 Å². The van der Waals surface area contributed by atoms with Gasteiger partial charge in [-0.3, -0.25) is 0 Å². The fourth-order valence-electron chi connectivity index (χ4n) is 2.99. The first-order chi connectivity index (χ1) is 16.6. The number of carbonyl (C=O) groups excluding carboxylic acids is 3. The number of aliphatic carboxylic acids is 3. The third-order valence-corrected chi connectivity index (χ3v) is 6.74. The summed E-state index contributed by atoms with van der Waals surface area (Å²) >= 11 is 1.68. The molecule has 3 unspecified atom stereocenters. The third-order valence-electron chi connectivity index (χ3n) is 5.73. The van der Waals surface area contributed by atoms with Crippen LogP contribution in [-0.4, -0.2) is 40.4 Å². The molecular formula is C28H54O6Sn. The molecule has 0 radical (unpaired) electrons. The van der Waals surface area contributed by atoms with E-state index in [0.29, 0.717) is 19.3 Å². The number of hydrogen-bond acceptors (Lipinski definition) is 6. The predicted molar refractivity (Wildman–Crippen MR) is 140 cm³/mol. The van der Waals surface area contributed by atoms with Crippen LogP contribution in [-0.2, 0) is 14.4 Å². The Morgan fingerprint density at radius 2 is 0.743 bits per heavy atom. The van der Waals surface area contributed by atoms with Crippen LogP contribution in [0.1, 0.15) is 138 Å². The zero-order valence-corrected chi connectivity index (χ0v) is 26.6. The molecule has 35 heavy (non-hydrogen) atoms. The molecule has 0 aliphatic heterocycles. The second kappa shape index (κ2) is 33.2. The molecule has 3 atom stereocenters. The van der Waals surface area contributed by atoms with Crippen molar-refractivity contribution in [3.8, 4) is 0 Å². The molecule has 0 aliphatic rings. The van der Waals surface area contributed by atoms with Crippen LogP contribution in [0, 0.1) is 17.8 Å². The summed E-state index contributed by atoms with van der Waals surface area (Å²) in [6, 6.07) is 0. The first-order valence-corrected chi connectivity index (χ1v) is 15.9. The van der Waals surface area contributed by atoms with E-state index in [4.69, 9.17) is 0 Å². The van der Waals surface area contributed by atoms with Gasteiger partial charge in [0.05, 0.1) is 0 Å². The molecule has 0 rings (SSSR count). The van der Waals surface area contributed by atoms with Gasteiger partial charge in [-0.2, -0.15) is 0 Å². The molecule has 0 N–H and O–H groups in total. The molecule has 206 valence electrons. The zero-order chi connectivity index (χ0) is 28.1. The second-order valence-electron chi connectivity index (χ2n) is 8.80. The maximum absolute atomic E-state index is 10.3. The Morgan fingerprint density at radius 1 is 0.514 bits per heavy atom. The van der Waals surface area contributed by atoms with E-state index in [1.807, 2.05) is 20.8 Å². The van der Waals surface area contributed by atoms with Gasteiger partial charge in [0, 0.05) is 17.9 Å². The first kappa shape index (κ1) is 41.3. The SMILES string of the molecule is CCCCC(CC)C(=O)[O-].CCCCC(CC)C(=O)[O-].CCCCC(CC)C(=O)[O-].CCC[CH2][Sn+3]. The molecule has 0 aliphatic carbocycles. The van der Waals surface area contributed by atoms with Crippen molar-refractivity contribution < 1.29 is 29.7 Å². The van der Waals surface area contributed by atoms with Crippen LogP contribution in [0.3, 0.4) is 0 Å². The van der Waals surface area contributed by atoms with E-state index >= 15 is 0 Å². The van der Waals surface area contributed by atoms with Gasteiger partial charge in [0.15, 0.2) is 0 Å². The van der Waals surface area contributed by atoms with E-state index < -0.39 is 17.9 Å². The topological polar surface area (TPSA) is 120 Å². The Balaban J connectivity index is -0.000000188. The summed E-state index contributed by atoms with van der Waals surface area (Å²) < 4.78 is 1.43. The Labute approximate surface area is 230 Å². The van der Waals surface area contributed by atoms with Crippen LogP contribution in [0.2, 0.25) is 4.44 Å². The number of carbonyl (C=O) groups is 3. The zero-order valence-electron chi connectivity index (χ0n) is 23.8. The first-order valence-electron chi connectivity index (χ1n) is 13.8. The predicted octanol–water partition coefficient (Wildman–Crippen LogP) is 4.23. The second-order valence-corrected chi connectivity index (χ2v) is 10.2. The van der Waals surface area contributed by atoms with Gasteiger partial charge in [0.25, 0.3) is 0 Å². The van der Waals surface area contributed by atoms with Crippen molar-refractivity contribution in [2.75, 3.05) is 0 Å². The summed E-state index contributed by atoms with van der Waals surface area (Å²) in [5.74, 6) is -3.34. The molecule has 0 heterocycles. The Hall–Kier alpha value is -0.791. The van der Waals surface area contributed by atoms with Crippen molar-refractivity contribution in [1.82, 2.24) is 0 Å². The van der Waals surface area contributed by atoms with E-state index in [1.54, 1.807) is 22.5 Å². The molecule has 0 aromatic heterocycles. The summed E-state index contributed by atoms with van der Waals surface area (Å²) in [5, 5.41) is 31.0. The van der Waals surface area contributed by atoms with Crippen LogP contribution in [0.4, 0.5) is 0 Å². The van der Waals surface area contributed by atoms with Gasteiger partial charge in [0.1, 0.15) is 0 Å². The minimum atomic E-state index is -0.893. The summed E-state index contributed by atoms with van der Waals surface area (Å²) in [4.78, 5) is 31.0. The van der Waals surface area contributed by atoms with Crippen LogP contribution in [0.5, 0.6) is 0 Å². The summed E-state index contributed by atoms with van der Waals surface area (Å²) in [6.07, 6.45) is 13.4. The molecular weight excluding hydrogens is 551 g/mol. The number of carboxylic acid groups (broad SMARTS) is 3. The Morgan fingerprint density at radius 3 is 0.829 bits per heavy atom. The molecule has 7 heteroatoms. The fraction of sp³-hybridized carbons (Fsp3) is 0.893. The maximum atomic E-state index is 10.3. The van der Waals surface area contributed by atoms with Crippen LogP contribution in [0.15, 0.2) is 0 Å². The molecule has 0 saturated carbocycles. The van der Waals surface area contributed by atoms with Crippen LogP contribution in [0.25, 0.3) is 0 Å². The van der Waals surface area contributed by atoms with Crippen molar-refractivity contribution in [1.29, 1.82) is 0 Å². The fourth-order valence-corrected chi connectivity index (χ4v) is 4.00. The summed E-state index contributed by atoms with van der Waals surface area (Å²) in [5.41, 5.74) is 0. The van der Waals surface area contributed by atoms with Crippen LogP contribution < -0.4 is 15.3 Å². The molecule has 0 aromatic rings. The average Bonchev–Trinajstić information content (AvgIpc) is 2.82. The quantitative estimate of drug-likeness (QED) is 0.229. The van der Waals surface area contributed by atoms with Crippen molar-refractivity contribution in [3.63, 3.8) is 0 Å². The van der Waals surface area contributed by atoms with Gasteiger partial charge in [-0.1, -0.05) is 80.1 Å². The number of rotatable bonds is 17. The van der Waals surface area contributed by atoms with Crippen molar-refractivity contribution >= 4 is 40.4 Å². The minimum absolute atomic E-state index is 0.222. The number of unbranched alkanes of at least 4 members (excludes halogenated alkanes) is 4. The van der Waals surface area contributed by atoms with Crippen molar-refractivity contribution in [2.24, 2.45) is 17.8 Å². The van der Waals surface area contributed by atoms with E-state index in [2.05, 4.69) is 27.7 Å². The summed E-state index contributed by atoms with van der Waals surface area (Å²) in [6.45, 7) is 14.1. The Kier molecular flexibility index (Phi) is 39.2. The van der Waals surface area contributed by atoms with Crippen molar-refractivity contribution in [2.45, 2.75) is 143 Å². The van der Waals surface area contributed by atoms with E-state index in [9.17, 15) is 29.7 Å². The van der Waals surface area contributed by atoms with Gasteiger partial charge in [-0.05, 0) is 56.3 Å².